The average Bonchev–Trinajstić information content (AvgIpc) is 3.13. The van der Waals surface area contributed by atoms with Gasteiger partial charge in [-0.1, -0.05) is 6.07 Å². The third-order valence-corrected chi connectivity index (χ3v) is 5.07. The molecule has 0 radical (unpaired) electrons. The Balaban J connectivity index is 1.58. The maximum Gasteiger partial charge on any atom is 0.273 e. The third-order valence-electron chi connectivity index (χ3n) is 5.07. The SMILES string of the molecule is NC(=O)c1nc(-c2c(F)cccc2F)oc1Nc1ccc(N2CCC(N)CC2)cc1. The molecule has 1 fully saturated rings. The lowest BCUT2D eigenvalue weighted by Gasteiger charge is -2.32. The van der Waals surface area contributed by atoms with Crippen molar-refractivity contribution in [2.24, 2.45) is 11.5 Å². The Bertz CT molecular complexity index is 1040. The van der Waals surface area contributed by atoms with Crippen LogP contribution in [0.5, 0.6) is 0 Å². The Hall–Kier alpha value is -3.46. The van der Waals surface area contributed by atoms with E-state index in [0.717, 1.165) is 43.8 Å². The number of carbonyl (C=O) groups excluding carboxylic acids is 1. The number of amides is 1. The van der Waals surface area contributed by atoms with Crippen molar-refractivity contribution in [2.75, 3.05) is 23.3 Å². The standard InChI is InChI=1S/C21H21F2N5O2/c22-15-2-1-3-16(23)17(15)20-27-18(19(25)29)21(30-20)26-13-4-6-14(7-5-13)28-10-8-12(24)9-11-28/h1-7,12,26H,8-11,24H2,(H2,25,29). The Kier molecular flexibility index (Phi) is 5.37. The molecular weight excluding hydrogens is 392 g/mol. The minimum Gasteiger partial charge on any atom is -0.419 e. The first-order valence-electron chi connectivity index (χ1n) is 9.55. The highest BCUT2D eigenvalue weighted by molar-refractivity contribution is 5.96. The van der Waals surface area contributed by atoms with Gasteiger partial charge in [0.2, 0.25) is 11.8 Å². The van der Waals surface area contributed by atoms with E-state index in [-0.39, 0.29) is 23.5 Å². The van der Waals surface area contributed by atoms with Crippen molar-refractivity contribution in [3.05, 3.63) is 59.8 Å². The van der Waals surface area contributed by atoms with E-state index < -0.39 is 23.1 Å². The van der Waals surface area contributed by atoms with Crippen molar-refractivity contribution in [2.45, 2.75) is 18.9 Å². The van der Waals surface area contributed by atoms with Gasteiger partial charge in [-0.2, -0.15) is 0 Å². The van der Waals surface area contributed by atoms with Gasteiger partial charge >= 0.3 is 0 Å². The predicted molar refractivity (Wildman–Crippen MR) is 110 cm³/mol. The van der Waals surface area contributed by atoms with Crippen LogP contribution in [0.4, 0.5) is 26.0 Å². The second-order valence-corrected chi connectivity index (χ2v) is 7.15. The Morgan fingerprint density at radius 2 is 1.73 bits per heavy atom. The number of halogens is 2. The van der Waals surface area contributed by atoms with Crippen LogP contribution < -0.4 is 21.7 Å². The van der Waals surface area contributed by atoms with Crippen LogP contribution >= 0.6 is 0 Å². The second-order valence-electron chi connectivity index (χ2n) is 7.15. The topological polar surface area (TPSA) is 110 Å². The van der Waals surface area contributed by atoms with Gasteiger partial charge in [-0.25, -0.2) is 13.8 Å². The summed E-state index contributed by atoms with van der Waals surface area (Å²) in [6, 6.07) is 11.1. The van der Waals surface area contributed by atoms with Crippen molar-refractivity contribution in [3.8, 4) is 11.5 Å². The number of nitrogens with two attached hydrogens (primary N) is 2. The Morgan fingerprint density at radius 3 is 2.33 bits per heavy atom. The monoisotopic (exact) mass is 413 g/mol. The molecule has 1 aliphatic rings. The summed E-state index contributed by atoms with van der Waals surface area (Å²) in [6.07, 6.45) is 1.88. The zero-order chi connectivity index (χ0) is 21.3. The van der Waals surface area contributed by atoms with Gasteiger partial charge in [-0.05, 0) is 49.2 Å². The van der Waals surface area contributed by atoms with Crippen LogP contribution in [-0.2, 0) is 0 Å². The molecule has 2 aromatic carbocycles. The molecule has 156 valence electrons. The Morgan fingerprint density at radius 1 is 1.10 bits per heavy atom. The molecule has 0 saturated carbocycles. The number of primary amides is 1. The van der Waals surface area contributed by atoms with Crippen LogP contribution in [0.1, 0.15) is 23.3 Å². The van der Waals surface area contributed by atoms with Gasteiger partial charge in [0.15, 0.2) is 5.69 Å². The molecule has 30 heavy (non-hydrogen) atoms. The summed E-state index contributed by atoms with van der Waals surface area (Å²) in [5.41, 5.74) is 12.3. The first-order valence-corrected chi connectivity index (χ1v) is 9.55. The number of piperidine rings is 1. The molecule has 0 aliphatic carbocycles. The number of nitrogens with one attached hydrogen (secondary N) is 1. The summed E-state index contributed by atoms with van der Waals surface area (Å²) in [7, 11) is 0. The molecule has 0 unspecified atom stereocenters. The maximum absolute atomic E-state index is 14.1. The highest BCUT2D eigenvalue weighted by Gasteiger charge is 2.23. The summed E-state index contributed by atoms with van der Waals surface area (Å²) < 4.78 is 33.6. The molecule has 1 amide bonds. The summed E-state index contributed by atoms with van der Waals surface area (Å²) >= 11 is 0. The predicted octanol–water partition coefficient (Wildman–Crippen LogP) is 3.39. The van der Waals surface area contributed by atoms with E-state index in [4.69, 9.17) is 15.9 Å². The van der Waals surface area contributed by atoms with Gasteiger partial charge in [-0.3, -0.25) is 4.79 Å². The molecule has 5 N–H and O–H groups in total. The van der Waals surface area contributed by atoms with Crippen molar-refractivity contribution >= 4 is 23.2 Å². The van der Waals surface area contributed by atoms with Crippen LogP contribution in [0, 0.1) is 11.6 Å². The molecular formula is C21H21F2N5O2. The van der Waals surface area contributed by atoms with Gasteiger partial charge in [0, 0.05) is 30.5 Å². The fraction of sp³-hybridized carbons (Fsp3) is 0.238. The third kappa shape index (κ3) is 3.97. The lowest BCUT2D eigenvalue weighted by atomic mass is 10.1. The lowest BCUT2D eigenvalue weighted by molar-refractivity contribution is 0.0996. The number of carbonyl (C=O) groups is 1. The molecule has 1 aromatic heterocycles. The number of oxazole rings is 1. The zero-order valence-corrected chi connectivity index (χ0v) is 16.1. The molecule has 0 bridgehead atoms. The summed E-state index contributed by atoms with van der Waals surface area (Å²) in [5, 5.41) is 2.91. The van der Waals surface area contributed by atoms with E-state index in [1.807, 2.05) is 12.1 Å². The average molecular weight is 413 g/mol. The molecule has 0 atom stereocenters. The number of rotatable bonds is 5. The second kappa shape index (κ2) is 8.11. The van der Waals surface area contributed by atoms with Crippen molar-refractivity contribution in [1.82, 2.24) is 4.98 Å². The minimum atomic E-state index is -0.884. The maximum atomic E-state index is 14.1. The summed E-state index contributed by atoms with van der Waals surface area (Å²) in [5.74, 6) is -3.06. The van der Waals surface area contributed by atoms with E-state index in [1.165, 1.54) is 6.07 Å². The van der Waals surface area contributed by atoms with Crippen LogP contribution in [0.15, 0.2) is 46.9 Å². The highest BCUT2D eigenvalue weighted by atomic mass is 19.1. The van der Waals surface area contributed by atoms with Crippen LogP contribution in [0.25, 0.3) is 11.5 Å². The quantitative estimate of drug-likeness (QED) is 0.591. The molecule has 9 heteroatoms. The number of hydrogen-bond donors (Lipinski definition) is 3. The Labute approximate surface area is 171 Å². The van der Waals surface area contributed by atoms with E-state index in [9.17, 15) is 13.6 Å². The van der Waals surface area contributed by atoms with E-state index >= 15 is 0 Å². The van der Waals surface area contributed by atoms with Crippen molar-refractivity contribution in [3.63, 3.8) is 0 Å². The van der Waals surface area contributed by atoms with E-state index in [2.05, 4.69) is 15.2 Å². The molecule has 4 rings (SSSR count). The van der Waals surface area contributed by atoms with E-state index in [1.54, 1.807) is 12.1 Å². The van der Waals surface area contributed by atoms with Gasteiger partial charge in [0.05, 0.1) is 0 Å². The summed E-state index contributed by atoms with van der Waals surface area (Å²) in [4.78, 5) is 17.9. The fourth-order valence-electron chi connectivity index (χ4n) is 3.43. The zero-order valence-electron chi connectivity index (χ0n) is 16.1. The number of hydrogen-bond acceptors (Lipinski definition) is 6. The number of benzene rings is 2. The summed E-state index contributed by atoms with van der Waals surface area (Å²) in [6.45, 7) is 1.78. The van der Waals surface area contributed by atoms with Crippen molar-refractivity contribution in [1.29, 1.82) is 0 Å². The molecule has 0 spiro atoms. The van der Waals surface area contributed by atoms with Crippen LogP contribution in [-0.4, -0.2) is 30.0 Å². The lowest BCUT2D eigenvalue weighted by Crippen LogP contribution is -2.39. The first kappa shape index (κ1) is 19.8. The minimum absolute atomic E-state index is 0.0863. The fourth-order valence-corrected chi connectivity index (χ4v) is 3.43. The van der Waals surface area contributed by atoms with Gasteiger partial charge in [-0.15, -0.1) is 0 Å². The number of aromatic nitrogens is 1. The molecule has 1 saturated heterocycles. The van der Waals surface area contributed by atoms with Crippen molar-refractivity contribution < 1.29 is 18.0 Å². The molecule has 2 heterocycles. The van der Waals surface area contributed by atoms with Gasteiger partial charge in [0.1, 0.15) is 17.2 Å². The van der Waals surface area contributed by atoms with E-state index in [0.29, 0.717) is 5.69 Å². The van der Waals surface area contributed by atoms with Gasteiger partial charge in [0.25, 0.3) is 5.91 Å². The molecule has 1 aliphatic heterocycles. The van der Waals surface area contributed by atoms with Gasteiger partial charge < -0.3 is 26.1 Å². The van der Waals surface area contributed by atoms with Crippen LogP contribution in [0.3, 0.4) is 0 Å². The largest absolute Gasteiger partial charge is 0.419 e. The normalized spacial score (nSPS) is 14.7. The first-order chi connectivity index (χ1) is 14.4. The molecule has 7 nitrogen and oxygen atoms in total. The molecule has 3 aromatic rings. The van der Waals surface area contributed by atoms with Crippen LogP contribution in [0.2, 0.25) is 0 Å². The number of nitrogens with zero attached hydrogens (tertiary/aromatic N) is 2. The smallest absolute Gasteiger partial charge is 0.273 e. The number of anilines is 3. The highest BCUT2D eigenvalue weighted by Crippen LogP contribution is 2.31.